The van der Waals surface area contributed by atoms with Gasteiger partial charge in [0.05, 0.1) is 0 Å². The molecule has 0 amide bonds. The van der Waals surface area contributed by atoms with Crippen LogP contribution in [0.2, 0.25) is 0 Å². The van der Waals surface area contributed by atoms with Crippen LogP contribution in [0.1, 0.15) is 32.8 Å². The van der Waals surface area contributed by atoms with E-state index in [-0.39, 0.29) is 12.2 Å². The maximum Gasteiger partial charge on any atom is 0.188 e. The Balaban J connectivity index is 2.53. The van der Waals surface area contributed by atoms with Gasteiger partial charge in [0.15, 0.2) is 6.79 Å². The number of rotatable bonds is 6. The summed E-state index contributed by atoms with van der Waals surface area (Å²) in [6.45, 7) is 7.05. The lowest BCUT2D eigenvalue weighted by atomic mass is 9.78. The average Bonchev–Trinajstić information content (AvgIpc) is 2.53. The van der Waals surface area contributed by atoms with Crippen molar-refractivity contribution in [2.45, 2.75) is 32.6 Å². The maximum atomic E-state index is 5.72. The highest BCUT2D eigenvalue weighted by Crippen LogP contribution is 2.38. The highest BCUT2D eigenvalue weighted by molar-refractivity contribution is 5.74. The molecule has 0 aromatic heterocycles. The largest absolute Gasteiger partial charge is 0.467 e. The summed E-state index contributed by atoms with van der Waals surface area (Å²) < 4.78 is 10.8. The lowest BCUT2D eigenvalue weighted by Crippen LogP contribution is -2.16. The van der Waals surface area contributed by atoms with E-state index in [4.69, 9.17) is 9.47 Å². The Labute approximate surface area is 127 Å². The van der Waals surface area contributed by atoms with E-state index >= 15 is 0 Å². The van der Waals surface area contributed by atoms with Gasteiger partial charge in [0, 0.05) is 12.7 Å². The zero-order valence-electron chi connectivity index (χ0n) is 13.3. The molecule has 2 nitrogen and oxygen atoms in total. The minimum Gasteiger partial charge on any atom is -0.467 e. The lowest BCUT2D eigenvalue weighted by molar-refractivity contribution is 0.0515. The second kappa shape index (κ2) is 6.77. The van der Waals surface area contributed by atoms with Crippen LogP contribution < -0.4 is 4.74 Å². The van der Waals surface area contributed by atoms with Crippen LogP contribution in [0.15, 0.2) is 48.5 Å². The van der Waals surface area contributed by atoms with Gasteiger partial charge in [-0.3, -0.25) is 0 Å². The van der Waals surface area contributed by atoms with E-state index in [0.29, 0.717) is 0 Å². The summed E-state index contributed by atoms with van der Waals surface area (Å²) in [6.07, 6.45) is 1.09. The van der Waals surface area contributed by atoms with E-state index in [2.05, 4.69) is 51.1 Å². The molecule has 0 bridgehead atoms. The average molecular weight is 284 g/mol. The minimum absolute atomic E-state index is 0.130. The molecule has 0 aliphatic heterocycles. The fraction of sp³-hybridized carbons (Fsp3) is 0.368. The van der Waals surface area contributed by atoms with E-state index in [1.54, 1.807) is 7.11 Å². The number of methoxy groups -OCH3 is 1. The smallest absolute Gasteiger partial charge is 0.188 e. The first kappa shape index (κ1) is 15.6. The Bertz CT molecular complexity index is 588. The Morgan fingerprint density at radius 2 is 1.52 bits per heavy atom. The number of hydrogen-bond acceptors (Lipinski definition) is 2. The quantitative estimate of drug-likeness (QED) is 0.693. The third-order valence-corrected chi connectivity index (χ3v) is 4.05. The van der Waals surface area contributed by atoms with Crippen LogP contribution in [0.4, 0.5) is 0 Å². The topological polar surface area (TPSA) is 18.5 Å². The molecule has 21 heavy (non-hydrogen) atoms. The van der Waals surface area contributed by atoms with Gasteiger partial charge in [-0.2, -0.15) is 0 Å². The van der Waals surface area contributed by atoms with Crippen LogP contribution in [0.5, 0.6) is 5.75 Å². The van der Waals surface area contributed by atoms with Gasteiger partial charge in [0.1, 0.15) is 5.75 Å². The first-order chi connectivity index (χ1) is 10.1. The third kappa shape index (κ3) is 3.45. The second-order valence-electron chi connectivity index (χ2n) is 5.83. The molecule has 0 aliphatic carbocycles. The minimum atomic E-state index is 0.130. The number of hydrogen-bond donors (Lipinski definition) is 0. The highest BCUT2D eigenvalue weighted by Gasteiger charge is 2.22. The summed E-state index contributed by atoms with van der Waals surface area (Å²) in [4.78, 5) is 0. The van der Waals surface area contributed by atoms with Crippen molar-refractivity contribution >= 4 is 0 Å². The van der Waals surface area contributed by atoms with Crippen molar-refractivity contribution < 1.29 is 9.47 Å². The van der Waals surface area contributed by atoms with Gasteiger partial charge in [-0.05, 0) is 29.0 Å². The third-order valence-electron chi connectivity index (χ3n) is 4.05. The highest BCUT2D eigenvalue weighted by atomic mass is 16.7. The fourth-order valence-electron chi connectivity index (χ4n) is 2.44. The molecule has 0 N–H and O–H groups in total. The molecule has 0 saturated heterocycles. The van der Waals surface area contributed by atoms with Gasteiger partial charge in [-0.25, -0.2) is 0 Å². The molecule has 0 radical (unpaired) electrons. The summed E-state index contributed by atoms with van der Waals surface area (Å²) in [5, 5.41) is 0. The molecule has 2 aromatic carbocycles. The molecule has 0 aliphatic rings. The molecule has 0 spiro atoms. The van der Waals surface area contributed by atoms with Crippen molar-refractivity contribution in [1.29, 1.82) is 0 Å². The summed E-state index contributed by atoms with van der Waals surface area (Å²) in [5.74, 6) is 0.860. The second-order valence-corrected chi connectivity index (χ2v) is 5.83. The summed E-state index contributed by atoms with van der Waals surface area (Å²) in [6, 6.07) is 16.7. The van der Waals surface area contributed by atoms with Gasteiger partial charge in [-0.1, -0.05) is 63.2 Å². The van der Waals surface area contributed by atoms with Crippen LogP contribution in [-0.2, 0) is 10.2 Å². The van der Waals surface area contributed by atoms with Crippen molar-refractivity contribution in [2.75, 3.05) is 13.9 Å². The number of benzene rings is 2. The molecule has 2 rings (SSSR count). The Morgan fingerprint density at radius 1 is 0.905 bits per heavy atom. The molecule has 0 saturated carbocycles. The molecule has 0 unspecified atom stereocenters. The fourth-order valence-corrected chi connectivity index (χ4v) is 2.44. The SMILES string of the molecule is CCC(C)(C)c1ccccc1-c1ccccc1OCOC. The Morgan fingerprint density at radius 3 is 2.19 bits per heavy atom. The van der Waals surface area contributed by atoms with E-state index in [9.17, 15) is 0 Å². The van der Waals surface area contributed by atoms with Gasteiger partial charge < -0.3 is 9.47 Å². The van der Waals surface area contributed by atoms with Crippen molar-refractivity contribution in [2.24, 2.45) is 0 Å². The Kier molecular flexibility index (Phi) is 5.03. The van der Waals surface area contributed by atoms with Crippen LogP contribution in [0, 0.1) is 0 Å². The zero-order valence-corrected chi connectivity index (χ0v) is 13.3. The van der Waals surface area contributed by atoms with E-state index in [0.717, 1.165) is 17.7 Å². The van der Waals surface area contributed by atoms with Gasteiger partial charge in [0.2, 0.25) is 0 Å². The summed E-state index contributed by atoms with van der Waals surface area (Å²) in [5.41, 5.74) is 3.83. The lowest BCUT2D eigenvalue weighted by Gasteiger charge is -2.27. The summed E-state index contributed by atoms with van der Waals surface area (Å²) >= 11 is 0. The normalized spacial score (nSPS) is 11.4. The molecule has 0 atom stereocenters. The maximum absolute atomic E-state index is 5.72. The standard InChI is InChI=1S/C19H24O2/c1-5-19(2,3)17-12-8-6-10-15(17)16-11-7-9-13-18(16)21-14-20-4/h6-13H,5,14H2,1-4H3. The first-order valence-corrected chi connectivity index (χ1v) is 7.41. The first-order valence-electron chi connectivity index (χ1n) is 7.41. The van der Waals surface area contributed by atoms with Gasteiger partial charge in [0.25, 0.3) is 0 Å². The van der Waals surface area contributed by atoms with Crippen molar-refractivity contribution in [3.8, 4) is 16.9 Å². The monoisotopic (exact) mass is 284 g/mol. The molecular weight excluding hydrogens is 260 g/mol. The van der Waals surface area contributed by atoms with E-state index in [1.165, 1.54) is 11.1 Å². The van der Waals surface area contributed by atoms with Crippen molar-refractivity contribution in [1.82, 2.24) is 0 Å². The van der Waals surface area contributed by atoms with Gasteiger partial charge >= 0.3 is 0 Å². The van der Waals surface area contributed by atoms with Crippen molar-refractivity contribution in [3.05, 3.63) is 54.1 Å². The Hall–Kier alpha value is -1.80. The summed E-state index contributed by atoms with van der Waals surface area (Å²) in [7, 11) is 1.64. The molecule has 0 fully saturated rings. The van der Waals surface area contributed by atoms with Crippen LogP contribution >= 0.6 is 0 Å². The van der Waals surface area contributed by atoms with E-state index < -0.39 is 0 Å². The molecule has 2 heteroatoms. The predicted molar refractivity (Wildman–Crippen MR) is 87.7 cm³/mol. The number of ether oxygens (including phenoxy) is 2. The molecule has 0 heterocycles. The predicted octanol–water partition coefficient (Wildman–Crippen LogP) is 5.02. The molecular formula is C19H24O2. The van der Waals surface area contributed by atoms with Gasteiger partial charge in [-0.15, -0.1) is 0 Å². The molecule has 2 aromatic rings. The van der Waals surface area contributed by atoms with Crippen LogP contribution in [-0.4, -0.2) is 13.9 Å². The van der Waals surface area contributed by atoms with Crippen LogP contribution in [0.3, 0.4) is 0 Å². The zero-order chi connectivity index (χ0) is 15.3. The van der Waals surface area contributed by atoms with Crippen molar-refractivity contribution in [3.63, 3.8) is 0 Å². The number of para-hydroxylation sites is 1. The van der Waals surface area contributed by atoms with E-state index in [1.807, 2.05) is 18.2 Å². The van der Waals surface area contributed by atoms with Crippen LogP contribution in [0.25, 0.3) is 11.1 Å². The molecule has 112 valence electrons.